The normalized spacial score (nSPS) is 12.2. The number of carbonyl (C=O) groups excluding carboxylic acids is 6. The first-order chi connectivity index (χ1) is 21.1. The van der Waals surface area contributed by atoms with Gasteiger partial charge in [0.25, 0.3) is 5.91 Å². The van der Waals surface area contributed by atoms with Crippen LogP contribution in [0.2, 0.25) is 0 Å². The monoisotopic (exact) mass is 809 g/mol. The number of hydrogen-bond acceptors (Lipinski definition) is 7. The maximum Gasteiger partial charge on any atom is 0.471 e. The van der Waals surface area contributed by atoms with Crippen LogP contribution in [0.5, 0.6) is 0 Å². The van der Waals surface area contributed by atoms with Gasteiger partial charge in [-0.1, -0.05) is 52.0 Å². The molecular formula is C34H78F6N8O6. The third-order valence-corrected chi connectivity index (χ3v) is 5.41. The van der Waals surface area contributed by atoms with E-state index in [1.165, 1.54) is 19.2 Å². The maximum absolute atomic E-state index is 11.0. The summed E-state index contributed by atoms with van der Waals surface area (Å²) in [6, 6.07) is 2.36. The molecule has 1 aromatic heterocycles. The van der Waals surface area contributed by atoms with Gasteiger partial charge in [-0.3, -0.25) is 38.2 Å². The lowest BCUT2D eigenvalue weighted by Crippen LogP contribution is -2.33. The minimum Gasteiger partial charge on any atom is -0.359 e. The topological polar surface area (TPSA) is 175 Å². The van der Waals surface area contributed by atoms with E-state index in [4.69, 9.17) is 0 Å². The zero-order valence-electron chi connectivity index (χ0n) is 28.5. The number of aromatic nitrogens is 2. The van der Waals surface area contributed by atoms with Crippen LogP contribution in [0.1, 0.15) is 98.4 Å². The summed E-state index contributed by atoms with van der Waals surface area (Å²) in [5.41, 5.74) is 0. The molecule has 0 aromatic carbocycles. The second kappa shape index (κ2) is 48.6. The summed E-state index contributed by atoms with van der Waals surface area (Å²) in [6.45, 7) is 5.98. The van der Waals surface area contributed by atoms with Crippen LogP contribution in [0, 0.1) is 0 Å². The molecule has 0 aliphatic carbocycles. The minimum atomic E-state index is -4.74. The molecular weight excluding hydrogens is 730 g/mol. The quantitative estimate of drug-likeness (QED) is 0.264. The number of rotatable bonds is 1. The highest BCUT2D eigenvalue weighted by Crippen LogP contribution is 2.14. The summed E-state index contributed by atoms with van der Waals surface area (Å²) in [4.78, 5) is 63.4. The van der Waals surface area contributed by atoms with Gasteiger partial charge in [-0.25, -0.2) is 0 Å². The van der Waals surface area contributed by atoms with Crippen molar-refractivity contribution in [1.82, 2.24) is 40.8 Å². The third kappa shape index (κ3) is 54.4. The molecule has 54 heavy (non-hydrogen) atoms. The molecule has 3 heterocycles. The second-order valence-corrected chi connectivity index (χ2v) is 9.10. The number of alkyl halides is 5. The molecule has 0 saturated carbocycles. The number of halogens is 6. The number of amides is 6. The van der Waals surface area contributed by atoms with E-state index in [1.807, 2.05) is 33.4 Å². The molecule has 2 aliphatic heterocycles. The fraction of sp³-hybridized carbons (Fsp3) is 0.735. The average Bonchev–Trinajstić information content (AvgIpc) is 3.71. The van der Waals surface area contributed by atoms with Crippen LogP contribution in [0.3, 0.4) is 0 Å². The van der Waals surface area contributed by atoms with Crippen molar-refractivity contribution in [3.63, 3.8) is 0 Å². The molecule has 4 N–H and O–H groups in total. The van der Waals surface area contributed by atoms with Crippen molar-refractivity contribution in [2.24, 2.45) is 7.05 Å². The Balaban J connectivity index is -0.0000000374. The van der Waals surface area contributed by atoms with E-state index in [0.29, 0.717) is 11.9 Å². The van der Waals surface area contributed by atoms with Crippen molar-refractivity contribution in [3.8, 4) is 0 Å². The Hall–Kier alpha value is -4.39. The molecule has 2 fully saturated rings. The van der Waals surface area contributed by atoms with Gasteiger partial charge in [-0.15, -0.1) is 0 Å². The maximum atomic E-state index is 11.0. The van der Waals surface area contributed by atoms with Crippen molar-refractivity contribution < 1.29 is 55.4 Å². The predicted octanol–water partition coefficient (Wildman–Crippen LogP) is 5.69. The van der Waals surface area contributed by atoms with Crippen molar-refractivity contribution >= 4 is 35.4 Å². The Morgan fingerprint density at radius 3 is 1.24 bits per heavy atom. The Morgan fingerprint density at radius 2 is 1.19 bits per heavy atom. The number of carbonyl (C=O) groups is 6. The SMILES string of the molecule is C.C.C.C.C.C.C.CC1CCC(=O)N1C.CN1CCCC1=O.CNC(=O)C(F)(F)F.CNC(=O)C(F)F.CNC(C)=O.CNC(C)=O.Cn1cccn1.F. The van der Waals surface area contributed by atoms with Crippen molar-refractivity contribution in [2.75, 3.05) is 48.8 Å². The van der Waals surface area contributed by atoms with Crippen LogP contribution < -0.4 is 21.3 Å². The predicted molar refractivity (Wildman–Crippen MR) is 211 cm³/mol. The van der Waals surface area contributed by atoms with Crippen molar-refractivity contribution in [3.05, 3.63) is 18.5 Å². The number of aryl methyl sites for hydroxylation is 1. The van der Waals surface area contributed by atoms with E-state index in [2.05, 4.69) is 22.7 Å². The van der Waals surface area contributed by atoms with E-state index >= 15 is 0 Å². The number of nitrogens with one attached hydrogen (secondary N) is 4. The van der Waals surface area contributed by atoms with Gasteiger partial charge >= 0.3 is 18.5 Å². The highest BCUT2D eigenvalue weighted by Gasteiger charge is 2.37. The molecule has 3 rings (SSSR count). The first kappa shape index (κ1) is 82.9. The molecule has 6 amide bonds. The molecule has 1 aromatic rings. The fourth-order valence-corrected chi connectivity index (χ4v) is 2.33. The van der Waals surface area contributed by atoms with Crippen molar-refractivity contribution in [1.29, 1.82) is 0 Å². The van der Waals surface area contributed by atoms with Gasteiger partial charge in [0.1, 0.15) is 0 Å². The first-order valence-corrected chi connectivity index (χ1v) is 13.7. The van der Waals surface area contributed by atoms with Gasteiger partial charge in [0.05, 0.1) is 0 Å². The minimum absolute atomic E-state index is 0. The van der Waals surface area contributed by atoms with Crippen LogP contribution in [-0.2, 0) is 35.8 Å². The van der Waals surface area contributed by atoms with Crippen LogP contribution in [0.4, 0.5) is 26.7 Å². The zero-order chi connectivity index (χ0) is 37.0. The lowest BCUT2D eigenvalue weighted by Gasteiger charge is -2.13. The lowest BCUT2D eigenvalue weighted by atomic mass is 10.2. The van der Waals surface area contributed by atoms with E-state index < -0.39 is 24.4 Å². The Labute approximate surface area is 323 Å². The summed E-state index contributed by atoms with van der Waals surface area (Å²) in [7, 11) is 10.9. The Kier molecular flexibility index (Phi) is 74.6. The van der Waals surface area contributed by atoms with Gasteiger partial charge in [0.2, 0.25) is 23.6 Å². The number of hydrogen-bond donors (Lipinski definition) is 4. The van der Waals surface area contributed by atoms with Crippen LogP contribution >= 0.6 is 0 Å². The molecule has 2 aliphatic rings. The summed E-state index contributed by atoms with van der Waals surface area (Å²) >= 11 is 0. The molecule has 0 radical (unpaired) electrons. The standard InChI is InChI=1S/C6H11NO.C5H9NO.C4H6N2.C3H4F3NO.C3H5F2NO.2C3H7NO.7CH4.FH/c1-5-3-4-6(8)7(5)2;1-6-4-2-3-5(6)7;1-6-4-2-3-5-6;1-7-2(8)3(4,5)6;1-6-3(7)2(4)5;2*1-3(5)4-2;;;;;;;;/h5H,3-4H2,1-2H3;2-4H2,1H3;2-4H,1H3;1H3,(H,7,8);2H,1H3,(H,6,7);2*1-2H3,(H,4,5);7*1H4;1H. The number of nitrogens with zero attached hydrogens (tertiary/aromatic N) is 4. The summed E-state index contributed by atoms with van der Waals surface area (Å²) in [5.74, 6) is -2.56. The molecule has 14 nitrogen and oxygen atoms in total. The lowest BCUT2D eigenvalue weighted by molar-refractivity contribution is -0.173. The largest absolute Gasteiger partial charge is 0.471 e. The van der Waals surface area contributed by atoms with Crippen LogP contribution in [0.25, 0.3) is 0 Å². The van der Waals surface area contributed by atoms with E-state index in [9.17, 15) is 50.7 Å². The van der Waals surface area contributed by atoms with Crippen LogP contribution in [-0.4, -0.2) is 122 Å². The highest BCUT2D eigenvalue weighted by atomic mass is 19.4. The van der Waals surface area contributed by atoms with Gasteiger partial charge in [-0.2, -0.15) is 27.1 Å². The molecule has 1 unspecified atom stereocenters. The molecule has 20 heteroatoms. The summed E-state index contributed by atoms with van der Waals surface area (Å²) in [5, 5.41) is 11.8. The summed E-state index contributed by atoms with van der Waals surface area (Å²) in [6.07, 6.45) is -0.391. The highest BCUT2D eigenvalue weighted by molar-refractivity contribution is 5.81. The third-order valence-electron chi connectivity index (χ3n) is 5.41. The zero-order valence-corrected chi connectivity index (χ0v) is 28.5. The molecule has 2 saturated heterocycles. The van der Waals surface area contributed by atoms with Gasteiger partial charge in [-0.05, 0) is 25.8 Å². The first-order valence-electron chi connectivity index (χ1n) is 13.7. The molecule has 332 valence electrons. The second-order valence-electron chi connectivity index (χ2n) is 9.10. The van der Waals surface area contributed by atoms with E-state index in [-0.39, 0.29) is 74.4 Å². The van der Waals surface area contributed by atoms with Gasteiger partial charge < -0.3 is 31.1 Å². The van der Waals surface area contributed by atoms with Gasteiger partial charge in [0, 0.05) is 101 Å². The van der Waals surface area contributed by atoms with Crippen molar-refractivity contribution in [2.45, 2.75) is 117 Å². The van der Waals surface area contributed by atoms with E-state index in [1.54, 1.807) is 40.1 Å². The molecule has 0 spiro atoms. The van der Waals surface area contributed by atoms with Crippen LogP contribution in [0.15, 0.2) is 18.5 Å². The number of likely N-dealkylation sites (tertiary alicyclic amines) is 2. The fourth-order valence-electron chi connectivity index (χ4n) is 2.33. The van der Waals surface area contributed by atoms with Gasteiger partial charge in [0.15, 0.2) is 0 Å². The Morgan fingerprint density at radius 1 is 0.778 bits per heavy atom. The molecule has 1 atom stereocenters. The van der Waals surface area contributed by atoms with E-state index in [0.717, 1.165) is 46.3 Å². The smallest absolute Gasteiger partial charge is 0.359 e. The Bertz CT molecular complexity index is 1000. The summed E-state index contributed by atoms with van der Waals surface area (Å²) < 4.78 is 56.9. The average molecular weight is 809 g/mol. The molecule has 0 bridgehead atoms.